The molecule has 0 aliphatic heterocycles. The highest BCUT2D eigenvalue weighted by Crippen LogP contribution is 2.06. The smallest absolute Gasteiger partial charge is 0.0213 e. The zero-order valence-corrected chi connectivity index (χ0v) is 9.64. The van der Waals surface area contributed by atoms with Crippen LogP contribution in [0.5, 0.6) is 0 Å². The number of hydrogen-bond donors (Lipinski definition) is 2. The van der Waals surface area contributed by atoms with Crippen molar-refractivity contribution in [3.8, 4) is 0 Å². The molecular formula is C11H26N2. The van der Waals surface area contributed by atoms with Gasteiger partial charge in [0, 0.05) is 12.6 Å². The second-order valence-corrected chi connectivity index (χ2v) is 4.34. The van der Waals surface area contributed by atoms with Crippen LogP contribution in [0, 0.1) is 11.8 Å². The molecule has 0 aromatic heterocycles. The molecule has 2 nitrogen and oxygen atoms in total. The molecule has 0 saturated carbocycles. The van der Waals surface area contributed by atoms with Gasteiger partial charge in [-0.25, -0.2) is 0 Å². The van der Waals surface area contributed by atoms with E-state index in [4.69, 9.17) is 5.73 Å². The fourth-order valence-corrected chi connectivity index (χ4v) is 1.31. The van der Waals surface area contributed by atoms with E-state index >= 15 is 0 Å². The lowest BCUT2D eigenvalue weighted by atomic mass is 10.0. The Kier molecular flexibility index (Phi) is 7.29. The van der Waals surface area contributed by atoms with Gasteiger partial charge in [0.05, 0.1) is 0 Å². The minimum Gasteiger partial charge on any atom is -0.329 e. The van der Waals surface area contributed by atoms with Gasteiger partial charge in [0.15, 0.2) is 0 Å². The highest BCUT2D eigenvalue weighted by molar-refractivity contribution is 4.71. The molecule has 0 fully saturated rings. The monoisotopic (exact) mass is 186 g/mol. The predicted octanol–water partition coefficient (Wildman–Crippen LogP) is 2.00. The van der Waals surface area contributed by atoms with E-state index < -0.39 is 0 Å². The van der Waals surface area contributed by atoms with Crippen molar-refractivity contribution in [2.24, 2.45) is 17.6 Å². The second kappa shape index (κ2) is 7.34. The first-order valence-corrected chi connectivity index (χ1v) is 5.55. The average Bonchev–Trinajstić information content (AvgIpc) is 2.11. The third-order valence-corrected chi connectivity index (χ3v) is 2.80. The van der Waals surface area contributed by atoms with Crippen molar-refractivity contribution in [1.29, 1.82) is 0 Å². The molecule has 13 heavy (non-hydrogen) atoms. The van der Waals surface area contributed by atoms with E-state index in [0.29, 0.717) is 12.0 Å². The van der Waals surface area contributed by atoms with E-state index in [1.807, 2.05) is 0 Å². The van der Waals surface area contributed by atoms with Gasteiger partial charge in [-0.2, -0.15) is 0 Å². The van der Waals surface area contributed by atoms with E-state index in [2.05, 4.69) is 33.0 Å². The van der Waals surface area contributed by atoms with Gasteiger partial charge in [0.25, 0.3) is 0 Å². The molecule has 0 spiro atoms. The maximum atomic E-state index is 5.66. The zero-order valence-electron chi connectivity index (χ0n) is 9.64. The van der Waals surface area contributed by atoms with Crippen molar-refractivity contribution in [1.82, 2.24) is 5.32 Å². The summed E-state index contributed by atoms with van der Waals surface area (Å²) in [6.07, 6.45) is 2.54. The van der Waals surface area contributed by atoms with E-state index in [1.54, 1.807) is 0 Å². The minimum atomic E-state index is 0.490. The predicted molar refractivity (Wildman–Crippen MR) is 59.8 cm³/mol. The summed E-state index contributed by atoms with van der Waals surface area (Å²) in [6, 6.07) is 0.490. The molecule has 0 aromatic rings. The molecule has 0 aliphatic carbocycles. The fourth-order valence-electron chi connectivity index (χ4n) is 1.31. The third kappa shape index (κ3) is 6.05. The maximum absolute atomic E-state index is 5.66. The van der Waals surface area contributed by atoms with E-state index in [9.17, 15) is 0 Å². The van der Waals surface area contributed by atoms with Crippen LogP contribution in [0.4, 0.5) is 0 Å². The topological polar surface area (TPSA) is 38.0 Å². The van der Waals surface area contributed by atoms with Crippen molar-refractivity contribution in [2.45, 2.75) is 46.6 Å². The fraction of sp³-hybridized carbons (Fsp3) is 1.00. The Labute approximate surface area is 83.3 Å². The molecule has 2 heteroatoms. The largest absolute Gasteiger partial charge is 0.329 e. The summed E-state index contributed by atoms with van der Waals surface area (Å²) in [5.41, 5.74) is 5.66. The number of rotatable bonds is 7. The van der Waals surface area contributed by atoms with Crippen molar-refractivity contribution in [3.63, 3.8) is 0 Å². The third-order valence-electron chi connectivity index (χ3n) is 2.80. The maximum Gasteiger partial charge on any atom is 0.0213 e. The lowest BCUT2D eigenvalue weighted by Crippen LogP contribution is -2.40. The summed E-state index contributed by atoms with van der Waals surface area (Å²) < 4.78 is 0. The Bertz CT molecular complexity index is 113. The van der Waals surface area contributed by atoms with Gasteiger partial charge < -0.3 is 11.1 Å². The Morgan fingerprint density at radius 1 is 1.23 bits per heavy atom. The van der Waals surface area contributed by atoms with Crippen LogP contribution < -0.4 is 11.1 Å². The van der Waals surface area contributed by atoms with Crippen LogP contribution in [0.1, 0.15) is 40.5 Å². The Morgan fingerprint density at radius 2 is 1.85 bits per heavy atom. The average molecular weight is 186 g/mol. The van der Waals surface area contributed by atoms with E-state index in [0.717, 1.165) is 19.0 Å². The molecule has 0 bridgehead atoms. The first-order chi connectivity index (χ1) is 6.11. The second-order valence-electron chi connectivity index (χ2n) is 4.34. The molecule has 80 valence electrons. The molecule has 0 saturated heterocycles. The number of nitrogens with two attached hydrogens (primary N) is 1. The van der Waals surface area contributed by atoms with Gasteiger partial charge >= 0.3 is 0 Å². The summed E-state index contributed by atoms with van der Waals surface area (Å²) in [6.45, 7) is 10.8. The van der Waals surface area contributed by atoms with Gasteiger partial charge in [0.2, 0.25) is 0 Å². The molecule has 0 aliphatic rings. The first kappa shape index (κ1) is 12.9. The van der Waals surface area contributed by atoms with Crippen LogP contribution >= 0.6 is 0 Å². The Balaban J connectivity index is 3.49. The van der Waals surface area contributed by atoms with Gasteiger partial charge in [-0.05, 0) is 24.8 Å². The molecule has 2 atom stereocenters. The summed E-state index contributed by atoms with van der Waals surface area (Å²) in [5, 5.41) is 3.51. The minimum absolute atomic E-state index is 0.490. The molecule has 3 N–H and O–H groups in total. The van der Waals surface area contributed by atoms with Gasteiger partial charge in [-0.15, -0.1) is 0 Å². The highest BCUT2D eigenvalue weighted by atomic mass is 14.9. The lowest BCUT2D eigenvalue weighted by molar-refractivity contribution is 0.383. The molecule has 0 heterocycles. The molecule has 0 amide bonds. The Morgan fingerprint density at radius 3 is 2.23 bits per heavy atom. The summed E-state index contributed by atoms with van der Waals surface area (Å²) in [7, 11) is 0. The first-order valence-electron chi connectivity index (χ1n) is 5.55. The quantitative estimate of drug-likeness (QED) is 0.638. The molecule has 2 unspecified atom stereocenters. The van der Waals surface area contributed by atoms with Gasteiger partial charge in [-0.3, -0.25) is 0 Å². The van der Waals surface area contributed by atoms with Crippen molar-refractivity contribution >= 4 is 0 Å². The van der Waals surface area contributed by atoms with Crippen molar-refractivity contribution in [2.75, 3.05) is 13.1 Å². The normalized spacial score (nSPS) is 16.2. The molecular weight excluding hydrogens is 160 g/mol. The number of nitrogens with one attached hydrogen (secondary N) is 1. The Hall–Kier alpha value is -0.0800. The van der Waals surface area contributed by atoms with Crippen LogP contribution in [-0.2, 0) is 0 Å². The van der Waals surface area contributed by atoms with Crippen LogP contribution in [0.25, 0.3) is 0 Å². The van der Waals surface area contributed by atoms with Crippen LogP contribution in [-0.4, -0.2) is 19.1 Å². The number of hydrogen-bond acceptors (Lipinski definition) is 2. The zero-order chi connectivity index (χ0) is 10.3. The van der Waals surface area contributed by atoms with E-state index in [1.165, 1.54) is 12.8 Å². The van der Waals surface area contributed by atoms with Crippen LogP contribution in [0.2, 0.25) is 0 Å². The van der Waals surface area contributed by atoms with E-state index in [-0.39, 0.29) is 0 Å². The highest BCUT2D eigenvalue weighted by Gasteiger charge is 2.09. The molecule has 0 aromatic carbocycles. The summed E-state index contributed by atoms with van der Waals surface area (Å²) >= 11 is 0. The lowest BCUT2D eigenvalue weighted by Gasteiger charge is -2.21. The molecule has 0 radical (unpaired) electrons. The summed E-state index contributed by atoms with van der Waals surface area (Å²) in [5.74, 6) is 1.47. The van der Waals surface area contributed by atoms with Crippen molar-refractivity contribution < 1.29 is 0 Å². The molecule has 0 rings (SSSR count). The van der Waals surface area contributed by atoms with Crippen molar-refractivity contribution in [3.05, 3.63) is 0 Å². The SMILES string of the molecule is CCC(C)CCNC(CN)C(C)C. The van der Waals surface area contributed by atoms with Crippen LogP contribution in [0.3, 0.4) is 0 Å². The van der Waals surface area contributed by atoms with Gasteiger partial charge in [0.1, 0.15) is 0 Å². The van der Waals surface area contributed by atoms with Gasteiger partial charge in [-0.1, -0.05) is 34.1 Å². The summed E-state index contributed by atoms with van der Waals surface area (Å²) in [4.78, 5) is 0. The standard InChI is InChI=1S/C11H26N2/c1-5-10(4)6-7-13-11(8-12)9(2)3/h9-11,13H,5-8,12H2,1-4H3. The van der Waals surface area contributed by atoms with Crippen LogP contribution in [0.15, 0.2) is 0 Å².